The van der Waals surface area contributed by atoms with Gasteiger partial charge in [-0.3, -0.25) is 14.4 Å². The molecule has 0 saturated carbocycles. The van der Waals surface area contributed by atoms with Crippen molar-refractivity contribution in [2.75, 3.05) is 5.32 Å². The van der Waals surface area contributed by atoms with Crippen LogP contribution < -0.4 is 10.9 Å². The predicted molar refractivity (Wildman–Crippen MR) is 97.5 cm³/mol. The molecular weight excluding hydrogens is 318 g/mol. The zero-order valence-corrected chi connectivity index (χ0v) is 15.0. The molecule has 6 heteroatoms. The average Bonchev–Trinajstić information content (AvgIpc) is 2.55. The molecule has 1 aromatic heterocycles. The summed E-state index contributed by atoms with van der Waals surface area (Å²) in [4.78, 5) is 43.4. The molecule has 0 spiro atoms. The van der Waals surface area contributed by atoms with Gasteiger partial charge in [0.1, 0.15) is 11.6 Å². The standard InChI is InChI=1S/C19H23N3O3/c1-5-13-11(3)20-17(22-18(13)24)15-9-7-8-10-16(15)21-19(25)14(6-2)12(4)23/h7-10,14H,5-6H2,1-4H3,(H,21,25)(H,20,22,24). The van der Waals surface area contributed by atoms with Crippen molar-refractivity contribution in [3.63, 3.8) is 0 Å². The van der Waals surface area contributed by atoms with Crippen molar-refractivity contribution >= 4 is 17.4 Å². The number of aromatic nitrogens is 2. The maximum absolute atomic E-state index is 12.4. The minimum Gasteiger partial charge on any atom is -0.325 e. The monoisotopic (exact) mass is 341 g/mol. The fourth-order valence-electron chi connectivity index (χ4n) is 2.83. The Hall–Kier alpha value is -2.76. The average molecular weight is 341 g/mol. The zero-order chi connectivity index (χ0) is 18.6. The fourth-order valence-corrected chi connectivity index (χ4v) is 2.83. The molecule has 1 unspecified atom stereocenters. The highest BCUT2D eigenvalue weighted by Crippen LogP contribution is 2.25. The highest BCUT2D eigenvalue weighted by Gasteiger charge is 2.22. The van der Waals surface area contributed by atoms with Crippen molar-refractivity contribution in [2.45, 2.75) is 40.5 Å². The highest BCUT2D eigenvalue weighted by atomic mass is 16.2. The summed E-state index contributed by atoms with van der Waals surface area (Å²) in [5.41, 5.74) is 2.25. The van der Waals surface area contributed by atoms with E-state index in [9.17, 15) is 14.4 Å². The molecule has 0 saturated heterocycles. The Balaban J connectivity index is 2.44. The summed E-state index contributed by atoms with van der Waals surface area (Å²) < 4.78 is 0. The third kappa shape index (κ3) is 4.02. The van der Waals surface area contributed by atoms with Gasteiger partial charge in [0.2, 0.25) is 5.91 Å². The van der Waals surface area contributed by atoms with Gasteiger partial charge in [0, 0.05) is 16.8 Å². The van der Waals surface area contributed by atoms with E-state index in [2.05, 4.69) is 15.3 Å². The Labute approximate surface area is 146 Å². The molecule has 0 aliphatic carbocycles. The summed E-state index contributed by atoms with van der Waals surface area (Å²) in [6, 6.07) is 7.08. The molecule has 1 aromatic carbocycles. The van der Waals surface area contributed by atoms with Crippen LogP contribution in [-0.4, -0.2) is 21.7 Å². The lowest BCUT2D eigenvalue weighted by Gasteiger charge is -2.15. The van der Waals surface area contributed by atoms with Crippen molar-refractivity contribution in [2.24, 2.45) is 5.92 Å². The molecule has 2 N–H and O–H groups in total. The van der Waals surface area contributed by atoms with Gasteiger partial charge in [0.25, 0.3) is 5.56 Å². The number of hydrogen-bond donors (Lipinski definition) is 2. The van der Waals surface area contributed by atoms with Gasteiger partial charge in [-0.25, -0.2) is 4.98 Å². The van der Waals surface area contributed by atoms with Gasteiger partial charge in [0.15, 0.2) is 0 Å². The molecular formula is C19H23N3O3. The van der Waals surface area contributed by atoms with E-state index in [1.54, 1.807) is 38.1 Å². The lowest BCUT2D eigenvalue weighted by Crippen LogP contribution is -2.28. The Bertz CT molecular complexity index is 855. The molecule has 1 heterocycles. The number of amides is 1. The van der Waals surface area contributed by atoms with Crippen molar-refractivity contribution in [1.82, 2.24) is 9.97 Å². The number of nitrogens with one attached hydrogen (secondary N) is 2. The van der Waals surface area contributed by atoms with Gasteiger partial charge in [-0.1, -0.05) is 26.0 Å². The maximum atomic E-state index is 12.4. The number of benzene rings is 1. The van der Waals surface area contributed by atoms with Gasteiger partial charge in [-0.2, -0.15) is 0 Å². The molecule has 1 amide bonds. The summed E-state index contributed by atoms with van der Waals surface area (Å²) in [7, 11) is 0. The van der Waals surface area contributed by atoms with Gasteiger partial charge < -0.3 is 10.3 Å². The van der Waals surface area contributed by atoms with Gasteiger partial charge in [0.05, 0.1) is 11.6 Å². The smallest absolute Gasteiger partial charge is 0.254 e. The van der Waals surface area contributed by atoms with Crippen molar-refractivity contribution < 1.29 is 9.59 Å². The number of Topliss-reactive ketones (excluding diaryl/α,β-unsaturated/α-hetero) is 1. The summed E-state index contributed by atoms with van der Waals surface area (Å²) in [6.45, 7) is 6.90. The SMILES string of the molecule is CCc1c(C)nc(-c2ccccc2NC(=O)C(CC)C(C)=O)[nH]c1=O. The van der Waals surface area contributed by atoms with E-state index in [-0.39, 0.29) is 17.2 Å². The number of hydrogen-bond acceptors (Lipinski definition) is 4. The quantitative estimate of drug-likeness (QED) is 0.790. The summed E-state index contributed by atoms with van der Waals surface area (Å²) in [6.07, 6.45) is 1.03. The van der Waals surface area contributed by atoms with Gasteiger partial charge >= 0.3 is 0 Å². The molecule has 0 radical (unpaired) electrons. The van der Waals surface area contributed by atoms with E-state index in [0.29, 0.717) is 41.2 Å². The largest absolute Gasteiger partial charge is 0.325 e. The number of aromatic amines is 1. The molecule has 132 valence electrons. The lowest BCUT2D eigenvalue weighted by atomic mass is 10.0. The fraction of sp³-hybridized carbons (Fsp3) is 0.368. The first kappa shape index (κ1) is 18.6. The number of para-hydroxylation sites is 1. The lowest BCUT2D eigenvalue weighted by molar-refractivity contribution is -0.129. The van der Waals surface area contributed by atoms with Crippen LogP contribution in [0.5, 0.6) is 0 Å². The number of ketones is 1. The first-order chi connectivity index (χ1) is 11.9. The third-order valence-corrected chi connectivity index (χ3v) is 4.23. The van der Waals surface area contributed by atoms with Crippen molar-refractivity contribution in [3.05, 3.63) is 45.9 Å². The van der Waals surface area contributed by atoms with Crippen LogP contribution in [0.3, 0.4) is 0 Å². The normalized spacial score (nSPS) is 11.8. The van der Waals surface area contributed by atoms with Crippen molar-refractivity contribution in [3.8, 4) is 11.4 Å². The number of aryl methyl sites for hydroxylation is 1. The minimum atomic E-state index is -0.690. The molecule has 0 aliphatic rings. The summed E-state index contributed by atoms with van der Waals surface area (Å²) >= 11 is 0. The van der Waals surface area contributed by atoms with Crippen LogP contribution >= 0.6 is 0 Å². The van der Waals surface area contributed by atoms with E-state index in [1.165, 1.54) is 6.92 Å². The van der Waals surface area contributed by atoms with Crippen LogP contribution in [-0.2, 0) is 16.0 Å². The van der Waals surface area contributed by atoms with Gasteiger partial charge in [-0.15, -0.1) is 0 Å². The second kappa shape index (κ2) is 7.88. The Morgan fingerprint density at radius 3 is 2.48 bits per heavy atom. The highest BCUT2D eigenvalue weighted by molar-refractivity contribution is 6.07. The second-order valence-corrected chi connectivity index (χ2v) is 5.94. The van der Waals surface area contributed by atoms with Crippen LogP contribution in [0, 0.1) is 12.8 Å². The Morgan fingerprint density at radius 2 is 1.92 bits per heavy atom. The van der Waals surface area contributed by atoms with Gasteiger partial charge in [-0.05, 0) is 38.8 Å². The molecule has 25 heavy (non-hydrogen) atoms. The number of carbonyl (C=O) groups is 2. The van der Waals surface area contributed by atoms with E-state index in [0.717, 1.165) is 0 Å². The molecule has 2 aromatic rings. The van der Waals surface area contributed by atoms with E-state index in [1.807, 2.05) is 6.92 Å². The Kier molecular flexibility index (Phi) is 5.85. The second-order valence-electron chi connectivity index (χ2n) is 5.94. The van der Waals surface area contributed by atoms with Crippen LogP contribution in [0.2, 0.25) is 0 Å². The number of H-pyrrole nitrogens is 1. The molecule has 0 fully saturated rings. The first-order valence-corrected chi connectivity index (χ1v) is 8.39. The van der Waals surface area contributed by atoms with E-state index >= 15 is 0 Å². The molecule has 2 rings (SSSR count). The molecule has 6 nitrogen and oxygen atoms in total. The molecule has 0 aliphatic heterocycles. The number of rotatable bonds is 6. The van der Waals surface area contributed by atoms with Crippen molar-refractivity contribution in [1.29, 1.82) is 0 Å². The van der Waals surface area contributed by atoms with Crippen LogP contribution in [0.25, 0.3) is 11.4 Å². The minimum absolute atomic E-state index is 0.174. The topological polar surface area (TPSA) is 91.9 Å². The van der Waals surface area contributed by atoms with E-state index in [4.69, 9.17) is 0 Å². The first-order valence-electron chi connectivity index (χ1n) is 8.39. The Morgan fingerprint density at radius 1 is 1.24 bits per heavy atom. The number of anilines is 1. The van der Waals surface area contributed by atoms with Crippen LogP contribution in [0.4, 0.5) is 5.69 Å². The van der Waals surface area contributed by atoms with Crippen LogP contribution in [0.15, 0.2) is 29.1 Å². The summed E-state index contributed by atoms with van der Waals surface area (Å²) in [5, 5.41) is 2.79. The maximum Gasteiger partial charge on any atom is 0.254 e. The third-order valence-electron chi connectivity index (χ3n) is 4.23. The van der Waals surface area contributed by atoms with Crippen LogP contribution in [0.1, 0.15) is 38.4 Å². The summed E-state index contributed by atoms with van der Waals surface area (Å²) in [5.74, 6) is -0.824. The zero-order valence-electron chi connectivity index (χ0n) is 15.0. The number of carbonyl (C=O) groups excluding carboxylic acids is 2. The van der Waals surface area contributed by atoms with E-state index < -0.39 is 5.92 Å². The molecule has 1 atom stereocenters. The number of nitrogens with zero attached hydrogens (tertiary/aromatic N) is 1. The molecule has 0 bridgehead atoms. The predicted octanol–water partition coefficient (Wildman–Crippen LogP) is 2.86.